The number of carbonyl (C=O) groups is 1. The normalized spacial score (nSPS) is 15.0. The lowest BCUT2D eigenvalue weighted by Crippen LogP contribution is -2.33. The summed E-state index contributed by atoms with van der Waals surface area (Å²) in [5.41, 5.74) is 0.204. The predicted octanol–water partition coefficient (Wildman–Crippen LogP) is 2.96. The Kier molecular flexibility index (Phi) is 7.03. The van der Waals surface area contributed by atoms with Crippen LogP contribution in [0.1, 0.15) is 43.0 Å². The fraction of sp³-hybridized carbons (Fsp3) is 0.381. The van der Waals surface area contributed by atoms with E-state index < -0.39 is 25.8 Å². The fourth-order valence-electron chi connectivity index (χ4n) is 3.55. The third kappa shape index (κ3) is 5.25. The van der Waals surface area contributed by atoms with Crippen molar-refractivity contribution < 1.29 is 26.4 Å². The molecule has 0 bridgehead atoms. The van der Waals surface area contributed by atoms with Crippen molar-refractivity contribution in [1.82, 2.24) is 4.72 Å². The molecule has 2 aromatic carbocycles. The molecule has 0 unspecified atom stereocenters. The molecule has 2 aromatic rings. The molecule has 10 heteroatoms. The zero-order valence-corrected chi connectivity index (χ0v) is 19.1. The number of ether oxygens (including phenoxy) is 1. The van der Waals surface area contributed by atoms with Crippen molar-refractivity contribution in [3.63, 3.8) is 0 Å². The monoisotopic (exact) mass is 466 g/mol. The molecule has 0 saturated heterocycles. The highest BCUT2D eigenvalue weighted by atomic mass is 32.2. The quantitative estimate of drug-likeness (QED) is 0.617. The van der Waals surface area contributed by atoms with Gasteiger partial charge in [0.25, 0.3) is 5.91 Å². The van der Waals surface area contributed by atoms with Crippen LogP contribution >= 0.6 is 0 Å². The number of carbonyl (C=O) groups excluding carboxylic acids is 1. The number of amides is 1. The number of nitrogens with one attached hydrogen (secondary N) is 2. The minimum atomic E-state index is -3.90. The minimum absolute atomic E-state index is 0.00936. The number of para-hydroxylation sites is 1. The van der Waals surface area contributed by atoms with Crippen molar-refractivity contribution in [1.29, 1.82) is 0 Å². The summed E-state index contributed by atoms with van der Waals surface area (Å²) in [6.45, 7) is 1.52. The average molecular weight is 467 g/mol. The molecular weight excluding hydrogens is 440 g/mol. The summed E-state index contributed by atoms with van der Waals surface area (Å²) in [5, 5.41) is 2.58. The fourth-order valence-corrected chi connectivity index (χ4v) is 6.10. The summed E-state index contributed by atoms with van der Waals surface area (Å²) >= 11 is 0. The summed E-state index contributed by atoms with van der Waals surface area (Å²) in [4.78, 5) is 12.7. The van der Waals surface area contributed by atoms with Gasteiger partial charge < -0.3 is 10.1 Å². The van der Waals surface area contributed by atoms with E-state index in [2.05, 4.69) is 10.0 Å². The van der Waals surface area contributed by atoms with Gasteiger partial charge in [-0.1, -0.05) is 31.9 Å². The Hall–Kier alpha value is -2.43. The van der Waals surface area contributed by atoms with Crippen LogP contribution in [0.2, 0.25) is 0 Å². The number of hydrogen-bond donors (Lipinski definition) is 2. The van der Waals surface area contributed by atoms with E-state index in [1.54, 1.807) is 12.1 Å². The van der Waals surface area contributed by atoms with Crippen LogP contribution in [0, 0.1) is 0 Å². The Morgan fingerprint density at radius 1 is 1.03 bits per heavy atom. The molecule has 1 saturated carbocycles. The molecule has 0 atom stereocenters. The summed E-state index contributed by atoms with van der Waals surface area (Å²) in [5.74, 6) is -0.618. The molecule has 1 aliphatic rings. The van der Waals surface area contributed by atoms with Crippen LogP contribution in [0.3, 0.4) is 0 Å². The first-order chi connectivity index (χ1) is 14.7. The van der Waals surface area contributed by atoms with Crippen LogP contribution in [0.4, 0.5) is 5.69 Å². The Balaban J connectivity index is 1.92. The molecule has 0 heterocycles. The third-order valence-electron chi connectivity index (χ3n) is 5.24. The van der Waals surface area contributed by atoms with E-state index in [1.165, 1.54) is 44.4 Å². The minimum Gasteiger partial charge on any atom is -0.495 e. The van der Waals surface area contributed by atoms with Gasteiger partial charge in [-0.2, -0.15) is 0 Å². The second kappa shape index (κ2) is 9.37. The maximum absolute atomic E-state index is 12.9. The third-order valence-corrected chi connectivity index (χ3v) is 8.57. The Morgan fingerprint density at radius 2 is 1.71 bits per heavy atom. The number of anilines is 1. The maximum atomic E-state index is 12.9. The molecule has 0 spiro atoms. The van der Waals surface area contributed by atoms with Gasteiger partial charge in [-0.25, -0.2) is 21.6 Å². The Labute approximate surface area is 183 Å². The van der Waals surface area contributed by atoms with Gasteiger partial charge in [0.15, 0.2) is 9.84 Å². The highest BCUT2D eigenvalue weighted by Crippen LogP contribution is 2.28. The van der Waals surface area contributed by atoms with Crippen molar-refractivity contribution in [2.75, 3.05) is 18.2 Å². The van der Waals surface area contributed by atoms with Crippen LogP contribution in [-0.4, -0.2) is 41.6 Å². The van der Waals surface area contributed by atoms with Gasteiger partial charge in [0.1, 0.15) is 10.6 Å². The highest BCUT2D eigenvalue weighted by Gasteiger charge is 2.27. The van der Waals surface area contributed by atoms with Crippen LogP contribution in [0.25, 0.3) is 0 Å². The average Bonchev–Trinajstić information content (AvgIpc) is 3.25. The van der Waals surface area contributed by atoms with E-state index >= 15 is 0 Å². The molecule has 0 aliphatic heterocycles. The number of sulfonamides is 1. The lowest BCUT2D eigenvalue weighted by molar-refractivity contribution is 0.102. The smallest absolute Gasteiger partial charge is 0.255 e. The highest BCUT2D eigenvalue weighted by molar-refractivity contribution is 7.91. The first-order valence-electron chi connectivity index (χ1n) is 10.0. The molecule has 0 radical (unpaired) electrons. The molecule has 1 fully saturated rings. The van der Waals surface area contributed by atoms with E-state index in [1.807, 2.05) is 0 Å². The van der Waals surface area contributed by atoms with Crippen molar-refractivity contribution in [3.05, 3.63) is 48.0 Å². The summed E-state index contributed by atoms with van der Waals surface area (Å²) in [6.07, 6.45) is 3.47. The topological polar surface area (TPSA) is 119 Å². The lowest BCUT2D eigenvalue weighted by Gasteiger charge is -2.16. The van der Waals surface area contributed by atoms with Crippen molar-refractivity contribution in [2.45, 2.75) is 48.4 Å². The first-order valence-corrected chi connectivity index (χ1v) is 13.1. The van der Waals surface area contributed by atoms with Crippen molar-refractivity contribution in [2.24, 2.45) is 0 Å². The molecule has 0 aromatic heterocycles. The molecule has 168 valence electrons. The number of benzene rings is 2. The van der Waals surface area contributed by atoms with E-state index in [0.717, 1.165) is 25.7 Å². The Bertz CT molecular complexity index is 1170. The van der Waals surface area contributed by atoms with Crippen LogP contribution in [-0.2, 0) is 19.9 Å². The van der Waals surface area contributed by atoms with Gasteiger partial charge in [0, 0.05) is 11.6 Å². The van der Waals surface area contributed by atoms with Gasteiger partial charge in [0.05, 0.1) is 23.4 Å². The second-order valence-corrected chi connectivity index (χ2v) is 11.3. The maximum Gasteiger partial charge on any atom is 0.255 e. The van der Waals surface area contributed by atoms with Crippen molar-refractivity contribution in [3.8, 4) is 5.75 Å². The van der Waals surface area contributed by atoms with Gasteiger partial charge in [-0.15, -0.1) is 0 Å². The van der Waals surface area contributed by atoms with Gasteiger partial charge in [0.2, 0.25) is 10.0 Å². The Morgan fingerprint density at radius 3 is 2.35 bits per heavy atom. The van der Waals surface area contributed by atoms with E-state index in [4.69, 9.17) is 4.74 Å². The SMILES string of the molecule is CCS(=O)(=O)c1ccccc1NC(=O)c1ccc(OC)c(S(=O)(=O)NC2CCCC2)c1. The van der Waals surface area contributed by atoms with Gasteiger partial charge >= 0.3 is 0 Å². The zero-order valence-electron chi connectivity index (χ0n) is 17.4. The summed E-state index contributed by atoms with van der Waals surface area (Å²) in [7, 11) is -6.10. The molecular formula is C21H26N2O6S2. The standard InChI is InChI=1S/C21H26N2O6S2/c1-3-30(25,26)19-11-7-6-10-17(19)22-21(24)15-12-13-18(29-2)20(14-15)31(27,28)23-16-8-4-5-9-16/h6-7,10-14,16,23H,3-5,8-9H2,1-2H3,(H,22,24). The number of hydrogen-bond acceptors (Lipinski definition) is 6. The number of methoxy groups -OCH3 is 1. The molecule has 31 heavy (non-hydrogen) atoms. The van der Waals surface area contributed by atoms with Gasteiger partial charge in [-0.05, 0) is 43.2 Å². The molecule has 1 amide bonds. The molecule has 3 rings (SSSR count). The summed E-state index contributed by atoms with van der Waals surface area (Å²) < 4.78 is 58.4. The van der Waals surface area contributed by atoms with Gasteiger partial charge in [-0.3, -0.25) is 4.79 Å². The van der Waals surface area contributed by atoms with Crippen LogP contribution in [0.15, 0.2) is 52.3 Å². The van der Waals surface area contributed by atoms with E-state index in [9.17, 15) is 21.6 Å². The number of sulfone groups is 1. The lowest BCUT2D eigenvalue weighted by atomic mass is 10.2. The number of rotatable bonds is 8. The summed E-state index contributed by atoms with van der Waals surface area (Å²) in [6, 6.07) is 10.0. The van der Waals surface area contributed by atoms with Crippen LogP contribution < -0.4 is 14.8 Å². The van der Waals surface area contributed by atoms with Crippen LogP contribution in [0.5, 0.6) is 5.75 Å². The largest absolute Gasteiger partial charge is 0.495 e. The molecule has 1 aliphatic carbocycles. The van der Waals surface area contributed by atoms with Crippen molar-refractivity contribution >= 4 is 31.5 Å². The molecule has 8 nitrogen and oxygen atoms in total. The van der Waals surface area contributed by atoms with E-state index in [0.29, 0.717) is 0 Å². The zero-order chi connectivity index (χ0) is 22.6. The first kappa shape index (κ1) is 23.2. The van der Waals surface area contributed by atoms with E-state index in [-0.39, 0.29) is 38.6 Å². The molecule has 2 N–H and O–H groups in total. The predicted molar refractivity (Wildman–Crippen MR) is 118 cm³/mol. The second-order valence-electron chi connectivity index (χ2n) is 7.32.